The summed E-state index contributed by atoms with van der Waals surface area (Å²) in [6.45, 7) is 0.321. The second-order valence-electron chi connectivity index (χ2n) is 4.36. The fourth-order valence-corrected chi connectivity index (χ4v) is 2.41. The smallest absolute Gasteiger partial charge is 0.182 e. The summed E-state index contributed by atoms with van der Waals surface area (Å²) in [5, 5.41) is 2.19. The van der Waals surface area contributed by atoms with Crippen molar-refractivity contribution in [3.63, 3.8) is 0 Å². The van der Waals surface area contributed by atoms with Gasteiger partial charge in [-0.25, -0.2) is 4.98 Å². The number of hydrogen-bond donors (Lipinski definition) is 0. The molecular formula is C15H11BrN2O. The van der Waals surface area contributed by atoms with Gasteiger partial charge in [0.05, 0.1) is 12.9 Å². The Morgan fingerprint density at radius 3 is 2.74 bits per heavy atom. The Morgan fingerprint density at radius 2 is 1.95 bits per heavy atom. The highest BCUT2D eigenvalue weighted by Gasteiger charge is 2.07. The molecule has 0 radical (unpaired) electrons. The van der Waals surface area contributed by atoms with Crippen LogP contribution in [0, 0.1) is 0 Å². The van der Waals surface area contributed by atoms with Crippen molar-refractivity contribution in [3.05, 3.63) is 65.2 Å². The summed E-state index contributed by atoms with van der Waals surface area (Å²) in [5.74, 6) is 0.0859. The molecule has 3 rings (SSSR count). The maximum Gasteiger partial charge on any atom is 0.182 e. The summed E-state index contributed by atoms with van der Waals surface area (Å²) in [4.78, 5) is 16.1. The van der Waals surface area contributed by atoms with Gasteiger partial charge in [0.2, 0.25) is 0 Å². The molecule has 2 aromatic carbocycles. The molecule has 0 spiro atoms. The van der Waals surface area contributed by atoms with Crippen LogP contribution in [0.5, 0.6) is 0 Å². The number of hydrogen-bond acceptors (Lipinski definition) is 2. The van der Waals surface area contributed by atoms with Gasteiger partial charge in [-0.3, -0.25) is 4.79 Å². The van der Waals surface area contributed by atoms with Crippen molar-refractivity contribution in [2.75, 3.05) is 0 Å². The van der Waals surface area contributed by atoms with Gasteiger partial charge >= 0.3 is 0 Å². The molecule has 0 unspecified atom stereocenters. The number of halogens is 1. The molecule has 0 atom stereocenters. The van der Waals surface area contributed by atoms with E-state index in [-0.39, 0.29) is 5.78 Å². The van der Waals surface area contributed by atoms with Crippen LogP contribution in [0.15, 0.2) is 59.6 Å². The zero-order chi connectivity index (χ0) is 13.2. The van der Waals surface area contributed by atoms with Gasteiger partial charge in [-0.1, -0.05) is 34.1 Å². The Kier molecular flexibility index (Phi) is 3.17. The Morgan fingerprint density at radius 1 is 1.16 bits per heavy atom. The number of fused-ring (bicyclic) bond motifs is 1. The van der Waals surface area contributed by atoms with Gasteiger partial charge in [0.15, 0.2) is 5.78 Å². The van der Waals surface area contributed by atoms with Crippen LogP contribution in [-0.4, -0.2) is 15.3 Å². The minimum absolute atomic E-state index is 0.0859. The van der Waals surface area contributed by atoms with Gasteiger partial charge in [0.1, 0.15) is 0 Å². The third kappa shape index (κ3) is 2.58. The van der Waals surface area contributed by atoms with Crippen molar-refractivity contribution in [2.24, 2.45) is 0 Å². The lowest BCUT2D eigenvalue weighted by atomic mass is 10.0. The van der Waals surface area contributed by atoms with Crippen LogP contribution < -0.4 is 0 Å². The second kappa shape index (κ2) is 4.97. The standard InChI is InChI=1S/C15H11BrN2O/c16-14-4-3-11-7-13(2-1-12(11)8-14)15(19)9-18-6-5-17-10-18/h1-8,10H,9H2. The van der Waals surface area contributed by atoms with Crippen LogP contribution >= 0.6 is 15.9 Å². The highest BCUT2D eigenvalue weighted by molar-refractivity contribution is 9.10. The van der Waals surface area contributed by atoms with E-state index in [1.165, 1.54) is 0 Å². The molecule has 0 amide bonds. The number of Topliss-reactive ketones (excluding diaryl/α,β-unsaturated/α-hetero) is 1. The number of ketones is 1. The monoisotopic (exact) mass is 314 g/mol. The van der Waals surface area contributed by atoms with E-state index in [2.05, 4.69) is 20.9 Å². The molecule has 3 nitrogen and oxygen atoms in total. The molecule has 0 bridgehead atoms. The fourth-order valence-electron chi connectivity index (χ4n) is 2.03. The van der Waals surface area contributed by atoms with Gasteiger partial charge in [-0.05, 0) is 29.0 Å². The van der Waals surface area contributed by atoms with E-state index < -0.39 is 0 Å². The molecule has 0 N–H and O–H groups in total. The molecule has 94 valence electrons. The summed E-state index contributed by atoms with van der Waals surface area (Å²) >= 11 is 3.44. The van der Waals surface area contributed by atoms with Crippen LogP contribution in [0.2, 0.25) is 0 Å². The molecule has 4 heteroatoms. The van der Waals surface area contributed by atoms with E-state index >= 15 is 0 Å². The lowest BCUT2D eigenvalue weighted by Crippen LogP contribution is -2.08. The first-order valence-electron chi connectivity index (χ1n) is 5.91. The summed E-state index contributed by atoms with van der Waals surface area (Å²) in [6.07, 6.45) is 5.11. The number of benzene rings is 2. The maximum absolute atomic E-state index is 12.2. The largest absolute Gasteiger partial charge is 0.330 e. The first kappa shape index (κ1) is 12.1. The average Bonchev–Trinajstić information content (AvgIpc) is 2.91. The van der Waals surface area contributed by atoms with Crippen LogP contribution in [0.1, 0.15) is 10.4 Å². The van der Waals surface area contributed by atoms with Crippen LogP contribution in [-0.2, 0) is 6.54 Å². The predicted molar refractivity (Wildman–Crippen MR) is 78.2 cm³/mol. The van der Waals surface area contributed by atoms with Gasteiger partial charge < -0.3 is 4.57 Å². The highest BCUT2D eigenvalue weighted by Crippen LogP contribution is 2.21. The second-order valence-corrected chi connectivity index (χ2v) is 5.28. The SMILES string of the molecule is O=C(Cn1ccnc1)c1ccc2cc(Br)ccc2c1. The summed E-state index contributed by atoms with van der Waals surface area (Å²) in [5.41, 5.74) is 0.725. The third-order valence-electron chi connectivity index (χ3n) is 3.01. The molecule has 0 aliphatic carbocycles. The molecule has 0 saturated carbocycles. The van der Waals surface area contributed by atoms with Crippen molar-refractivity contribution >= 4 is 32.5 Å². The van der Waals surface area contributed by atoms with Crippen LogP contribution in [0.3, 0.4) is 0 Å². The Balaban J connectivity index is 1.92. The van der Waals surface area contributed by atoms with Gasteiger partial charge in [-0.2, -0.15) is 0 Å². The molecule has 3 aromatic rings. The van der Waals surface area contributed by atoms with E-state index in [1.54, 1.807) is 23.3 Å². The van der Waals surface area contributed by atoms with Crippen molar-refractivity contribution in [1.82, 2.24) is 9.55 Å². The molecule has 1 aromatic heterocycles. The van der Waals surface area contributed by atoms with Gasteiger partial charge in [0.25, 0.3) is 0 Å². The van der Waals surface area contributed by atoms with E-state index in [9.17, 15) is 4.79 Å². The third-order valence-corrected chi connectivity index (χ3v) is 3.50. The minimum atomic E-state index is 0.0859. The molecule has 0 aliphatic heterocycles. The van der Waals surface area contributed by atoms with E-state index in [0.29, 0.717) is 6.54 Å². The number of carbonyl (C=O) groups is 1. The number of nitrogens with zero attached hydrogens (tertiary/aromatic N) is 2. The normalized spacial score (nSPS) is 10.8. The zero-order valence-electron chi connectivity index (χ0n) is 10.1. The maximum atomic E-state index is 12.2. The molecular weight excluding hydrogens is 304 g/mol. The van der Waals surface area contributed by atoms with E-state index in [0.717, 1.165) is 20.8 Å². The van der Waals surface area contributed by atoms with Crippen molar-refractivity contribution < 1.29 is 4.79 Å². The first-order chi connectivity index (χ1) is 9.22. The fraction of sp³-hybridized carbons (Fsp3) is 0.0667. The molecule has 0 aliphatic rings. The Hall–Kier alpha value is -1.94. The summed E-state index contributed by atoms with van der Waals surface area (Å²) < 4.78 is 2.81. The first-order valence-corrected chi connectivity index (χ1v) is 6.70. The zero-order valence-corrected chi connectivity index (χ0v) is 11.7. The van der Waals surface area contributed by atoms with Crippen LogP contribution in [0.4, 0.5) is 0 Å². The lowest BCUT2D eigenvalue weighted by molar-refractivity contribution is 0.0972. The Labute approximate surface area is 119 Å². The van der Waals surface area contributed by atoms with E-state index in [1.807, 2.05) is 36.4 Å². The van der Waals surface area contributed by atoms with Gasteiger partial charge in [-0.15, -0.1) is 0 Å². The number of carbonyl (C=O) groups excluding carboxylic acids is 1. The lowest BCUT2D eigenvalue weighted by Gasteiger charge is -2.04. The molecule has 0 fully saturated rings. The summed E-state index contributed by atoms with van der Waals surface area (Å²) in [7, 11) is 0. The van der Waals surface area contributed by atoms with Crippen molar-refractivity contribution in [1.29, 1.82) is 0 Å². The van der Waals surface area contributed by atoms with E-state index in [4.69, 9.17) is 0 Å². The number of aromatic nitrogens is 2. The number of rotatable bonds is 3. The van der Waals surface area contributed by atoms with Crippen molar-refractivity contribution in [3.8, 4) is 0 Å². The predicted octanol–water partition coefficient (Wildman–Crippen LogP) is 3.68. The topological polar surface area (TPSA) is 34.9 Å². The number of imidazole rings is 1. The molecule has 19 heavy (non-hydrogen) atoms. The highest BCUT2D eigenvalue weighted by atomic mass is 79.9. The quantitative estimate of drug-likeness (QED) is 0.691. The Bertz CT molecular complexity index is 735. The van der Waals surface area contributed by atoms with Crippen molar-refractivity contribution in [2.45, 2.75) is 6.54 Å². The minimum Gasteiger partial charge on any atom is -0.330 e. The average molecular weight is 315 g/mol. The van der Waals surface area contributed by atoms with Gasteiger partial charge in [0, 0.05) is 22.4 Å². The van der Waals surface area contributed by atoms with Crippen LogP contribution in [0.25, 0.3) is 10.8 Å². The summed E-state index contributed by atoms with van der Waals surface area (Å²) in [6, 6.07) is 11.8. The molecule has 0 saturated heterocycles. The molecule has 1 heterocycles.